The Morgan fingerprint density at radius 1 is 1.44 bits per heavy atom. The topological polar surface area (TPSA) is 102 Å². The molecule has 2 fully saturated rings. The van der Waals surface area contributed by atoms with Crippen molar-refractivity contribution >= 4 is 11.9 Å². The normalized spacial score (nSPS) is 43.8. The van der Waals surface area contributed by atoms with Gasteiger partial charge in [0.2, 0.25) is 0 Å². The van der Waals surface area contributed by atoms with Crippen molar-refractivity contribution in [3.63, 3.8) is 0 Å². The third-order valence-electron chi connectivity index (χ3n) is 5.89. The summed E-state index contributed by atoms with van der Waals surface area (Å²) in [5, 5.41) is 21.4. The van der Waals surface area contributed by atoms with Crippen molar-refractivity contribution in [3.05, 3.63) is 35.5 Å². The zero-order chi connectivity index (χ0) is 20.1. The fraction of sp³-hybridized carbons (Fsp3) is 0.600. The lowest BCUT2D eigenvalue weighted by atomic mass is 9.80. The number of allylic oxidation sites excluding steroid dienone is 1. The third kappa shape index (κ3) is 3.24. The highest BCUT2D eigenvalue weighted by Crippen LogP contribution is 2.48. The summed E-state index contributed by atoms with van der Waals surface area (Å²) in [5.74, 6) is -3.39. The summed E-state index contributed by atoms with van der Waals surface area (Å²) >= 11 is 0. The number of esters is 2. The molecular weight excluding hydrogens is 352 g/mol. The molecule has 3 aliphatic rings. The van der Waals surface area contributed by atoms with Gasteiger partial charge in [0, 0.05) is 24.0 Å². The Labute approximate surface area is 158 Å². The molecule has 3 aliphatic heterocycles. The van der Waals surface area contributed by atoms with Crippen LogP contribution >= 0.6 is 0 Å². The smallest absolute Gasteiger partial charge is 0.334 e. The third-order valence-corrected chi connectivity index (χ3v) is 5.89. The van der Waals surface area contributed by atoms with Gasteiger partial charge in [-0.25, -0.2) is 9.59 Å². The van der Waals surface area contributed by atoms with Crippen LogP contribution in [0.3, 0.4) is 0 Å². The summed E-state index contributed by atoms with van der Waals surface area (Å²) in [5.41, 5.74) is -0.120. The number of fused-ring (bicyclic) bond motifs is 3. The molecular formula is C20H26O7. The van der Waals surface area contributed by atoms with Gasteiger partial charge in [-0.3, -0.25) is 0 Å². The fourth-order valence-electron chi connectivity index (χ4n) is 3.94. The highest BCUT2D eigenvalue weighted by atomic mass is 16.7. The minimum atomic E-state index is -1.67. The van der Waals surface area contributed by atoms with Crippen LogP contribution < -0.4 is 0 Å². The second-order valence-corrected chi connectivity index (χ2v) is 7.81. The summed E-state index contributed by atoms with van der Waals surface area (Å²) in [4.78, 5) is 24.5. The van der Waals surface area contributed by atoms with E-state index in [2.05, 4.69) is 6.58 Å². The molecule has 1 unspecified atom stereocenters. The lowest BCUT2D eigenvalue weighted by molar-refractivity contribution is -0.208. The van der Waals surface area contributed by atoms with Crippen LogP contribution in [0.5, 0.6) is 0 Å². The van der Waals surface area contributed by atoms with Crippen molar-refractivity contribution in [2.45, 2.75) is 70.2 Å². The molecule has 2 saturated heterocycles. The van der Waals surface area contributed by atoms with Gasteiger partial charge in [0.15, 0.2) is 5.79 Å². The monoisotopic (exact) mass is 378 g/mol. The number of carbonyl (C=O) groups excluding carboxylic acids is 2. The number of ether oxygens (including phenoxy) is 3. The van der Waals surface area contributed by atoms with Gasteiger partial charge in [-0.15, -0.1) is 0 Å². The summed E-state index contributed by atoms with van der Waals surface area (Å²) in [7, 11) is 0. The summed E-state index contributed by atoms with van der Waals surface area (Å²) in [6.45, 7) is 10.5. The first-order chi connectivity index (χ1) is 12.5. The maximum Gasteiger partial charge on any atom is 0.334 e. The Morgan fingerprint density at radius 3 is 2.74 bits per heavy atom. The number of carbonyl (C=O) groups is 2. The molecule has 2 bridgehead atoms. The minimum absolute atomic E-state index is 0.0212. The van der Waals surface area contributed by atoms with Gasteiger partial charge in [-0.1, -0.05) is 12.7 Å². The maximum atomic E-state index is 12.4. The standard InChI is InChI=1S/C20H26O7/c1-6-10(2)17(22)26-14-8-19(5)15(21)9-20(24,27-19)11(3)7-13-16(14)12(4)18(23)25-13/h6-7,13-16,21,24H,4,8-9H2,1-3,5H3/b10-6-,11-7-/t13-,14-,15+,16?,19-,20-/m1/s1. The lowest BCUT2D eigenvalue weighted by Gasteiger charge is -2.34. The Hall–Kier alpha value is -1.96. The Kier molecular flexibility index (Phi) is 4.82. The van der Waals surface area contributed by atoms with Crippen molar-refractivity contribution in [1.29, 1.82) is 0 Å². The molecule has 3 heterocycles. The van der Waals surface area contributed by atoms with Crippen molar-refractivity contribution in [3.8, 4) is 0 Å². The largest absolute Gasteiger partial charge is 0.458 e. The van der Waals surface area contributed by atoms with Crippen LogP contribution in [0.2, 0.25) is 0 Å². The van der Waals surface area contributed by atoms with Crippen molar-refractivity contribution in [2.24, 2.45) is 5.92 Å². The molecule has 0 saturated carbocycles. The Balaban J connectivity index is 2.07. The van der Waals surface area contributed by atoms with E-state index >= 15 is 0 Å². The van der Waals surface area contributed by atoms with E-state index in [0.29, 0.717) is 11.1 Å². The van der Waals surface area contributed by atoms with Gasteiger partial charge in [-0.2, -0.15) is 0 Å². The van der Waals surface area contributed by atoms with E-state index < -0.39 is 47.6 Å². The number of aliphatic hydroxyl groups excluding tert-OH is 1. The number of rotatable bonds is 2. The zero-order valence-electron chi connectivity index (χ0n) is 16.0. The zero-order valence-corrected chi connectivity index (χ0v) is 16.0. The Morgan fingerprint density at radius 2 is 2.11 bits per heavy atom. The van der Waals surface area contributed by atoms with Crippen LogP contribution in [-0.2, 0) is 23.8 Å². The SMILES string of the molecule is C=C1C(=O)O[C@@H]2/C=C(/C)[C@@]3(O)C[C@H](O)[C@@](C)(C[C@@H](OC(=O)/C(C)=C\C)C12)O3. The van der Waals surface area contributed by atoms with Gasteiger partial charge in [0.25, 0.3) is 0 Å². The summed E-state index contributed by atoms with van der Waals surface area (Å²) in [6.07, 6.45) is 0.753. The highest BCUT2D eigenvalue weighted by molar-refractivity contribution is 5.92. The average molecular weight is 378 g/mol. The quantitative estimate of drug-likeness (QED) is 0.427. The number of hydrogen-bond acceptors (Lipinski definition) is 7. The Bertz CT molecular complexity index is 751. The maximum absolute atomic E-state index is 12.4. The lowest BCUT2D eigenvalue weighted by Crippen LogP contribution is -2.44. The van der Waals surface area contributed by atoms with Gasteiger partial charge in [-0.05, 0) is 39.3 Å². The van der Waals surface area contributed by atoms with Crippen LogP contribution in [0.1, 0.15) is 40.5 Å². The van der Waals surface area contributed by atoms with Crippen LogP contribution in [0, 0.1) is 5.92 Å². The first-order valence-electron chi connectivity index (χ1n) is 9.04. The van der Waals surface area contributed by atoms with Crippen molar-refractivity contribution in [1.82, 2.24) is 0 Å². The van der Waals surface area contributed by atoms with E-state index in [1.165, 1.54) is 0 Å². The van der Waals surface area contributed by atoms with Crippen LogP contribution in [0.15, 0.2) is 35.5 Å². The van der Waals surface area contributed by atoms with E-state index in [1.807, 2.05) is 0 Å². The molecule has 0 amide bonds. The molecule has 7 nitrogen and oxygen atoms in total. The minimum Gasteiger partial charge on any atom is -0.458 e. The van der Waals surface area contributed by atoms with Gasteiger partial charge in [0.1, 0.15) is 12.2 Å². The molecule has 0 aliphatic carbocycles. The second kappa shape index (κ2) is 6.58. The molecule has 3 rings (SSSR count). The molecule has 2 N–H and O–H groups in total. The second-order valence-electron chi connectivity index (χ2n) is 7.81. The predicted molar refractivity (Wildman–Crippen MR) is 95.3 cm³/mol. The van der Waals surface area contributed by atoms with Crippen LogP contribution in [-0.4, -0.2) is 51.9 Å². The van der Waals surface area contributed by atoms with Crippen molar-refractivity contribution in [2.75, 3.05) is 0 Å². The predicted octanol–water partition coefficient (Wildman–Crippen LogP) is 1.54. The molecule has 0 aromatic rings. The van der Waals surface area contributed by atoms with Crippen LogP contribution in [0.25, 0.3) is 0 Å². The number of aliphatic hydroxyl groups is 2. The molecule has 148 valence electrons. The average Bonchev–Trinajstić information content (AvgIpc) is 2.99. The summed E-state index contributed by atoms with van der Waals surface area (Å²) < 4.78 is 17.0. The fourth-order valence-corrected chi connectivity index (χ4v) is 3.94. The first-order valence-corrected chi connectivity index (χ1v) is 9.04. The van der Waals surface area contributed by atoms with Crippen molar-refractivity contribution < 1.29 is 34.0 Å². The number of hydrogen-bond donors (Lipinski definition) is 2. The van der Waals surface area contributed by atoms with Gasteiger partial charge >= 0.3 is 11.9 Å². The van der Waals surface area contributed by atoms with E-state index in [1.54, 1.807) is 39.8 Å². The molecule has 27 heavy (non-hydrogen) atoms. The molecule has 0 radical (unpaired) electrons. The van der Waals surface area contributed by atoms with Crippen LogP contribution in [0.4, 0.5) is 0 Å². The van der Waals surface area contributed by atoms with E-state index in [4.69, 9.17) is 14.2 Å². The molecule has 6 atom stereocenters. The molecule has 0 aromatic carbocycles. The molecule has 0 aromatic heterocycles. The first kappa shape index (κ1) is 19.8. The van der Waals surface area contributed by atoms with Gasteiger partial charge < -0.3 is 24.4 Å². The van der Waals surface area contributed by atoms with E-state index in [0.717, 1.165) is 0 Å². The van der Waals surface area contributed by atoms with E-state index in [-0.39, 0.29) is 18.4 Å². The summed E-state index contributed by atoms with van der Waals surface area (Å²) in [6, 6.07) is 0. The molecule has 7 heteroatoms. The molecule has 0 spiro atoms. The van der Waals surface area contributed by atoms with Gasteiger partial charge in [0.05, 0.1) is 17.6 Å². The highest BCUT2D eigenvalue weighted by Gasteiger charge is 2.58. The van der Waals surface area contributed by atoms with E-state index in [9.17, 15) is 19.8 Å².